The van der Waals surface area contributed by atoms with Gasteiger partial charge in [-0.15, -0.1) is 0 Å². The third-order valence-corrected chi connectivity index (χ3v) is 4.60. The van der Waals surface area contributed by atoms with E-state index in [4.69, 9.17) is 5.11 Å². The lowest BCUT2D eigenvalue weighted by atomic mass is 9.88. The summed E-state index contributed by atoms with van der Waals surface area (Å²) in [4.78, 5) is 27.6. The van der Waals surface area contributed by atoms with Crippen LogP contribution in [0, 0.1) is 16.0 Å². The Hall–Kier alpha value is -2.12. The van der Waals surface area contributed by atoms with Gasteiger partial charge in [0.15, 0.2) is 0 Å². The van der Waals surface area contributed by atoms with Gasteiger partial charge >= 0.3 is 11.8 Å². The topological polar surface area (TPSA) is 101 Å². The third kappa shape index (κ3) is 2.34. The lowest BCUT2D eigenvalue weighted by Gasteiger charge is -2.39. The minimum absolute atomic E-state index is 0.105. The van der Waals surface area contributed by atoms with Crippen molar-refractivity contribution in [2.24, 2.45) is 13.0 Å². The first-order valence-corrected chi connectivity index (χ1v) is 7.13. The van der Waals surface area contributed by atoms with Gasteiger partial charge in [-0.1, -0.05) is 0 Å². The standard InChI is InChI=1S/C13H18N4O4/c1-15-7-14-12(17(20)21)13(15)16-9-2-3-10(16)5-8(4-9)6-11(18)19/h7-10H,2-6H2,1H3,(H,18,19). The van der Waals surface area contributed by atoms with Crippen LogP contribution in [0.3, 0.4) is 0 Å². The van der Waals surface area contributed by atoms with E-state index in [-0.39, 0.29) is 30.2 Å². The molecule has 2 atom stereocenters. The number of imidazole rings is 1. The van der Waals surface area contributed by atoms with E-state index in [1.807, 2.05) is 0 Å². The Kier molecular flexibility index (Phi) is 3.30. The summed E-state index contributed by atoms with van der Waals surface area (Å²) < 4.78 is 1.70. The summed E-state index contributed by atoms with van der Waals surface area (Å²) >= 11 is 0. The van der Waals surface area contributed by atoms with E-state index in [1.165, 1.54) is 6.33 Å². The zero-order valence-corrected chi connectivity index (χ0v) is 11.8. The first-order valence-electron chi connectivity index (χ1n) is 7.13. The predicted octanol–water partition coefficient (Wildman–Crippen LogP) is 1.55. The molecule has 8 heteroatoms. The van der Waals surface area contributed by atoms with Crippen LogP contribution in [0.25, 0.3) is 0 Å². The highest BCUT2D eigenvalue weighted by molar-refractivity contribution is 5.67. The summed E-state index contributed by atoms with van der Waals surface area (Å²) in [7, 11) is 1.76. The molecule has 0 aliphatic carbocycles. The maximum Gasteiger partial charge on any atom is 0.406 e. The highest BCUT2D eigenvalue weighted by atomic mass is 16.6. The van der Waals surface area contributed by atoms with Gasteiger partial charge in [0, 0.05) is 25.6 Å². The molecule has 3 rings (SSSR count). The van der Waals surface area contributed by atoms with Crippen LogP contribution in [0.5, 0.6) is 0 Å². The molecule has 21 heavy (non-hydrogen) atoms. The molecule has 2 unspecified atom stereocenters. The normalized spacial score (nSPS) is 27.9. The minimum Gasteiger partial charge on any atom is -0.481 e. The molecule has 3 heterocycles. The Morgan fingerprint density at radius 3 is 2.62 bits per heavy atom. The van der Waals surface area contributed by atoms with Crippen molar-refractivity contribution in [2.75, 3.05) is 4.90 Å². The molecule has 1 N–H and O–H groups in total. The van der Waals surface area contributed by atoms with E-state index in [0.29, 0.717) is 5.82 Å². The zero-order valence-electron chi connectivity index (χ0n) is 11.8. The molecule has 2 aliphatic rings. The van der Waals surface area contributed by atoms with Gasteiger partial charge in [0.1, 0.15) is 0 Å². The van der Waals surface area contributed by atoms with Crippen LogP contribution in [0.2, 0.25) is 0 Å². The van der Waals surface area contributed by atoms with Crippen molar-refractivity contribution in [3.8, 4) is 0 Å². The second-order valence-electron chi connectivity index (χ2n) is 5.99. The summed E-state index contributed by atoms with van der Waals surface area (Å²) in [6, 6.07) is 0.365. The molecule has 0 spiro atoms. The highest BCUT2D eigenvalue weighted by Crippen LogP contribution is 2.44. The van der Waals surface area contributed by atoms with Crippen LogP contribution in [0.4, 0.5) is 11.6 Å². The summed E-state index contributed by atoms with van der Waals surface area (Å²) in [5.74, 6) is -0.143. The number of nitrogens with zero attached hydrogens (tertiary/aromatic N) is 4. The Morgan fingerprint density at radius 2 is 2.10 bits per heavy atom. The van der Waals surface area contributed by atoms with E-state index in [1.54, 1.807) is 11.6 Å². The first kappa shape index (κ1) is 13.8. The van der Waals surface area contributed by atoms with Gasteiger partial charge < -0.3 is 20.1 Å². The molecule has 2 aliphatic heterocycles. The quantitative estimate of drug-likeness (QED) is 0.667. The Bertz CT molecular complexity index is 571. The van der Waals surface area contributed by atoms with Crippen LogP contribution in [0.15, 0.2) is 6.33 Å². The number of hydrogen-bond donors (Lipinski definition) is 1. The fourth-order valence-electron chi connectivity index (χ4n) is 3.89. The number of carboxylic acids is 1. The molecular formula is C13H18N4O4. The monoisotopic (exact) mass is 294 g/mol. The highest BCUT2D eigenvalue weighted by Gasteiger charge is 2.45. The molecule has 1 aromatic heterocycles. The second kappa shape index (κ2) is 5.01. The molecule has 2 saturated heterocycles. The minimum atomic E-state index is -0.764. The van der Waals surface area contributed by atoms with E-state index in [0.717, 1.165) is 25.7 Å². The zero-order chi connectivity index (χ0) is 15.1. The van der Waals surface area contributed by atoms with Crippen LogP contribution >= 0.6 is 0 Å². The number of anilines is 1. The maximum atomic E-state index is 11.1. The van der Waals surface area contributed by atoms with Gasteiger partial charge in [-0.05, 0) is 41.5 Å². The second-order valence-corrected chi connectivity index (χ2v) is 5.99. The molecular weight excluding hydrogens is 276 g/mol. The van der Waals surface area contributed by atoms with Crippen molar-refractivity contribution in [1.82, 2.24) is 9.55 Å². The average molecular weight is 294 g/mol. The van der Waals surface area contributed by atoms with E-state index in [9.17, 15) is 14.9 Å². The first-order chi connectivity index (χ1) is 9.97. The molecule has 2 fully saturated rings. The summed E-state index contributed by atoms with van der Waals surface area (Å²) in [6.45, 7) is 0. The van der Waals surface area contributed by atoms with Gasteiger partial charge in [-0.2, -0.15) is 0 Å². The largest absolute Gasteiger partial charge is 0.481 e. The molecule has 1 aromatic rings. The molecule has 0 aromatic carbocycles. The van der Waals surface area contributed by atoms with Crippen molar-refractivity contribution in [3.63, 3.8) is 0 Å². The molecule has 8 nitrogen and oxygen atoms in total. The maximum absolute atomic E-state index is 11.1. The van der Waals surface area contributed by atoms with Gasteiger partial charge in [0.25, 0.3) is 0 Å². The summed E-state index contributed by atoms with van der Waals surface area (Å²) in [5.41, 5.74) is 0. The average Bonchev–Trinajstić information content (AvgIpc) is 2.86. The number of rotatable bonds is 4. The number of aliphatic carboxylic acids is 1. The Labute approximate surface area is 121 Å². The van der Waals surface area contributed by atoms with E-state index in [2.05, 4.69) is 9.88 Å². The van der Waals surface area contributed by atoms with Crippen molar-refractivity contribution in [1.29, 1.82) is 0 Å². The van der Waals surface area contributed by atoms with Crippen molar-refractivity contribution < 1.29 is 14.8 Å². The SMILES string of the molecule is Cn1cnc([N+](=O)[O-])c1N1C2CCC1CC(CC(=O)O)C2. The van der Waals surface area contributed by atoms with Gasteiger partial charge in [-0.25, -0.2) is 0 Å². The van der Waals surface area contributed by atoms with Crippen LogP contribution < -0.4 is 4.90 Å². The van der Waals surface area contributed by atoms with Gasteiger partial charge in [0.2, 0.25) is 12.1 Å². The number of carboxylic acid groups (broad SMARTS) is 1. The number of aromatic nitrogens is 2. The number of piperidine rings is 1. The third-order valence-electron chi connectivity index (χ3n) is 4.60. The molecule has 2 bridgehead atoms. The van der Waals surface area contributed by atoms with Gasteiger partial charge in [0.05, 0.1) is 0 Å². The summed E-state index contributed by atoms with van der Waals surface area (Å²) in [5, 5.41) is 20.1. The molecule has 0 saturated carbocycles. The number of nitro groups is 1. The Balaban J connectivity index is 1.87. The smallest absolute Gasteiger partial charge is 0.406 e. The van der Waals surface area contributed by atoms with Crippen LogP contribution in [0.1, 0.15) is 32.1 Å². The molecule has 114 valence electrons. The van der Waals surface area contributed by atoms with Crippen LogP contribution in [-0.4, -0.2) is 37.6 Å². The number of aryl methyl sites for hydroxylation is 1. The molecule has 0 amide bonds. The lowest BCUT2D eigenvalue weighted by molar-refractivity contribution is -0.388. The van der Waals surface area contributed by atoms with Crippen molar-refractivity contribution in [2.45, 2.75) is 44.2 Å². The fraction of sp³-hybridized carbons (Fsp3) is 0.692. The fourth-order valence-corrected chi connectivity index (χ4v) is 3.89. The predicted molar refractivity (Wildman–Crippen MR) is 74.1 cm³/mol. The lowest BCUT2D eigenvalue weighted by Crippen LogP contribution is -2.44. The van der Waals surface area contributed by atoms with Crippen molar-refractivity contribution >= 4 is 17.6 Å². The summed E-state index contributed by atoms with van der Waals surface area (Å²) in [6.07, 6.45) is 5.15. The number of hydrogen-bond acceptors (Lipinski definition) is 5. The van der Waals surface area contributed by atoms with Crippen molar-refractivity contribution in [3.05, 3.63) is 16.4 Å². The molecule has 0 radical (unpaired) electrons. The Morgan fingerprint density at radius 1 is 1.48 bits per heavy atom. The number of carbonyl (C=O) groups is 1. The van der Waals surface area contributed by atoms with E-state index >= 15 is 0 Å². The van der Waals surface area contributed by atoms with Crippen LogP contribution in [-0.2, 0) is 11.8 Å². The van der Waals surface area contributed by atoms with Gasteiger partial charge in [-0.3, -0.25) is 9.36 Å². The van der Waals surface area contributed by atoms with E-state index < -0.39 is 10.9 Å². The number of fused-ring (bicyclic) bond motifs is 2.